The summed E-state index contributed by atoms with van der Waals surface area (Å²) in [6, 6.07) is 9.89. The lowest BCUT2D eigenvalue weighted by atomic mass is 9.98. The number of nitrogens with zero attached hydrogens (tertiary/aromatic N) is 1. The van der Waals surface area contributed by atoms with Crippen LogP contribution in [0.1, 0.15) is 17.3 Å². The van der Waals surface area contributed by atoms with E-state index in [0.717, 1.165) is 0 Å². The summed E-state index contributed by atoms with van der Waals surface area (Å²) >= 11 is 0. The molecule has 2 rings (SSSR count). The molecular formula is C16H16N2O4. The van der Waals surface area contributed by atoms with Gasteiger partial charge in [0.15, 0.2) is 5.78 Å². The lowest BCUT2D eigenvalue weighted by molar-refractivity contribution is -0.384. The molecule has 6 nitrogen and oxygen atoms in total. The van der Waals surface area contributed by atoms with Gasteiger partial charge in [-0.15, -0.1) is 0 Å². The van der Waals surface area contributed by atoms with Crippen molar-refractivity contribution in [3.8, 4) is 16.9 Å². The second kappa shape index (κ2) is 6.26. The smallest absolute Gasteiger partial charge is 0.278 e. The normalized spacial score (nSPS) is 10.1. The van der Waals surface area contributed by atoms with Crippen molar-refractivity contribution in [3.63, 3.8) is 0 Å². The Labute approximate surface area is 127 Å². The van der Waals surface area contributed by atoms with Crippen molar-refractivity contribution in [1.29, 1.82) is 0 Å². The molecule has 0 heterocycles. The lowest BCUT2D eigenvalue weighted by Crippen LogP contribution is -2.03. The summed E-state index contributed by atoms with van der Waals surface area (Å²) in [6.45, 7) is 1.38. The Bertz CT molecular complexity index is 724. The van der Waals surface area contributed by atoms with Crippen LogP contribution >= 0.6 is 0 Å². The highest BCUT2D eigenvalue weighted by molar-refractivity contribution is 6.02. The number of ketones is 1. The number of ether oxygens (including phenoxy) is 1. The minimum absolute atomic E-state index is 0.102. The Morgan fingerprint density at radius 1 is 1.23 bits per heavy atom. The van der Waals surface area contributed by atoms with Crippen LogP contribution in [0.4, 0.5) is 11.4 Å². The van der Waals surface area contributed by atoms with E-state index in [1.165, 1.54) is 13.0 Å². The average Bonchev–Trinajstić information content (AvgIpc) is 2.53. The zero-order valence-corrected chi connectivity index (χ0v) is 12.5. The summed E-state index contributed by atoms with van der Waals surface area (Å²) in [5.41, 5.74) is 1.88. The molecule has 2 aromatic rings. The summed E-state index contributed by atoms with van der Waals surface area (Å²) in [6.07, 6.45) is 0. The first kappa shape index (κ1) is 15.5. The third-order valence-electron chi connectivity index (χ3n) is 3.38. The number of carbonyl (C=O) groups is 1. The quantitative estimate of drug-likeness (QED) is 0.519. The number of nitro benzene ring substituents is 1. The minimum Gasteiger partial charge on any atom is -0.497 e. The number of hydrogen-bond donors (Lipinski definition) is 1. The van der Waals surface area contributed by atoms with E-state index < -0.39 is 4.92 Å². The molecule has 0 fully saturated rings. The van der Waals surface area contributed by atoms with E-state index in [9.17, 15) is 14.9 Å². The summed E-state index contributed by atoms with van der Waals surface area (Å²) in [5, 5.41) is 14.2. The number of Topliss-reactive ketones (excluding diaryl/α,β-unsaturated/α-hetero) is 1. The molecule has 0 amide bonds. The first-order chi connectivity index (χ1) is 10.5. The average molecular weight is 300 g/mol. The molecule has 2 aromatic carbocycles. The van der Waals surface area contributed by atoms with Gasteiger partial charge in [-0.3, -0.25) is 14.9 Å². The van der Waals surface area contributed by atoms with Gasteiger partial charge in [0.2, 0.25) is 0 Å². The highest BCUT2D eigenvalue weighted by Crippen LogP contribution is 2.35. The Morgan fingerprint density at radius 2 is 1.86 bits per heavy atom. The SMILES string of the molecule is CNc1cc(-c2ccc(OC)cc2)c([N+](=O)[O-])cc1C(C)=O. The Kier molecular flexibility index (Phi) is 4.41. The summed E-state index contributed by atoms with van der Waals surface area (Å²) in [4.78, 5) is 22.5. The zero-order chi connectivity index (χ0) is 16.3. The van der Waals surface area contributed by atoms with E-state index >= 15 is 0 Å². The standard InChI is InChI=1S/C16H16N2O4/c1-10(19)13-9-16(18(20)21)14(8-15(13)17-2)11-4-6-12(22-3)7-5-11/h4-9,17H,1-3H3. The van der Waals surface area contributed by atoms with Gasteiger partial charge in [0.25, 0.3) is 5.69 Å². The molecule has 0 saturated carbocycles. The van der Waals surface area contributed by atoms with E-state index in [2.05, 4.69) is 5.32 Å². The van der Waals surface area contributed by atoms with E-state index in [1.54, 1.807) is 44.5 Å². The fraction of sp³-hybridized carbons (Fsp3) is 0.188. The van der Waals surface area contributed by atoms with E-state index in [-0.39, 0.29) is 11.5 Å². The van der Waals surface area contributed by atoms with Crippen molar-refractivity contribution in [2.75, 3.05) is 19.5 Å². The van der Waals surface area contributed by atoms with Crippen molar-refractivity contribution in [2.24, 2.45) is 0 Å². The van der Waals surface area contributed by atoms with Crippen LogP contribution in [-0.2, 0) is 0 Å². The van der Waals surface area contributed by atoms with Gasteiger partial charge >= 0.3 is 0 Å². The highest BCUT2D eigenvalue weighted by Gasteiger charge is 2.21. The molecule has 0 aliphatic carbocycles. The molecule has 0 atom stereocenters. The van der Waals surface area contributed by atoms with Gasteiger partial charge < -0.3 is 10.1 Å². The van der Waals surface area contributed by atoms with Gasteiger partial charge in [0, 0.05) is 24.4 Å². The Balaban J connectivity index is 2.67. The molecule has 0 saturated heterocycles. The lowest BCUT2D eigenvalue weighted by Gasteiger charge is -2.11. The van der Waals surface area contributed by atoms with Crippen molar-refractivity contribution in [1.82, 2.24) is 0 Å². The topological polar surface area (TPSA) is 81.5 Å². The number of nitro groups is 1. The van der Waals surface area contributed by atoms with Crippen molar-refractivity contribution in [3.05, 3.63) is 52.1 Å². The van der Waals surface area contributed by atoms with Gasteiger partial charge in [0.1, 0.15) is 5.75 Å². The Hall–Kier alpha value is -2.89. The van der Waals surface area contributed by atoms with Gasteiger partial charge in [-0.05, 0) is 30.7 Å². The molecule has 22 heavy (non-hydrogen) atoms. The molecule has 1 N–H and O–H groups in total. The molecular weight excluding hydrogens is 284 g/mol. The van der Waals surface area contributed by atoms with Crippen molar-refractivity contribution in [2.45, 2.75) is 6.92 Å². The first-order valence-electron chi connectivity index (χ1n) is 6.63. The molecule has 0 aromatic heterocycles. The Morgan fingerprint density at radius 3 is 2.32 bits per heavy atom. The fourth-order valence-electron chi connectivity index (χ4n) is 2.24. The van der Waals surface area contributed by atoms with Gasteiger partial charge in [-0.2, -0.15) is 0 Å². The molecule has 6 heteroatoms. The molecule has 0 unspecified atom stereocenters. The number of hydrogen-bond acceptors (Lipinski definition) is 5. The second-order valence-electron chi connectivity index (χ2n) is 4.71. The van der Waals surface area contributed by atoms with Crippen LogP contribution in [0.15, 0.2) is 36.4 Å². The highest BCUT2D eigenvalue weighted by atomic mass is 16.6. The summed E-state index contributed by atoms with van der Waals surface area (Å²) in [5.74, 6) is 0.439. The van der Waals surface area contributed by atoms with Gasteiger partial charge in [0.05, 0.1) is 17.6 Å². The second-order valence-corrected chi connectivity index (χ2v) is 4.71. The van der Waals surface area contributed by atoms with Gasteiger partial charge in [-0.25, -0.2) is 0 Å². The number of nitrogens with one attached hydrogen (secondary N) is 1. The van der Waals surface area contributed by atoms with Crippen LogP contribution in [0.2, 0.25) is 0 Å². The maximum Gasteiger partial charge on any atom is 0.278 e. The van der Waals surface area contributed by atoms with Crippen molar-refractivity contribution >= 4 is 17.2 Å². The van der Waals surface area contributed by atoms with E-state index in [1.807, 2.05) is 0 Å². The predicted octanol–water partition coefficient (Wildman–Crippen LogP) is 3.51. The first-order valence-corrected chi connectivity index (χ1v) is 6.63. The molecule has 114 valence electrons. The summed E-state index contributed by atoms with van der Waals surface area (Å²) < 4.78 is 5.09. The van der Waals surface area contributed by atoms with E-state index in [4.69, 9.17) is 4.74 Å². The van der Waals surface area contributed by atoms with Crippen LogP contribution in [0.5, 0.6) is 5.75 Å². The summed E-state index contributed by atoms with van der Waals surface area (Å²) in [7, 11) is 3.23. The predicted molar refractivity (Wildman–Crippen MR) is 84.6 cm³/mol. The van der Waals surface area contributed by atoms with Crippen LogP contribution < -0.4 is 10.1 Å². The molecule has 0 aliphatic heterocycles. The fourth-order valence-corrected chi connectivity index (χ4v) is 2.24. The van der Waals surface area contributed by atoms with Crippen LogP contribution in [0.25, 0.3) is 11.1 Å². The van der Waals surface area contributed by atoms with Gasteiger partial charge in [-0.1, -0.05) is 12.1 Å². The number of methoxy groups -OCH3 is 1. The number of benzene rings is 2. The molecule has 0 bridgehead atoms. The number of carbonyl (C=O) groups excluding carboxylic acids is 1. The van der Waals surface area contributed by atoms with Crippen LogP contribution in [-0.4, -0.2) is 24.9 Å². The number of anilines is 1. The maximum absolute atomic E-state index is 11.7. The number of rotatable bonds is 5. The van der Waals surface area contributed by atoms with E-state index in [0.29, 0.717) is 28.1 Å². The maximum atomic E-state index is 11.7. The minimum atomic E-state index is -0.481. The van der Waals surface area contributed by atoms with Crippen LogP contribution in [0.3, 0.4) is 0 Å². The third-order valence-corrected chi connectivity index (χ3v) is 3.38. The van der Waals surface area contributed by atoms with Crippen LogP contribution in [0, 0.1) is 10.1 Å². The largest absolute Gasteiger partial charge is 0.497 e. The van der Waals surface area contributed by atoms with Crippen molar-refractivity contribution < 1.29 is 14.5 Å². The zero-order valence-electron chi connectivity index (χ0n) is 12.5. The molecule has 0 aliphatic rings. The molecule has 0 spiro atoms. The third kappa shape index (κ3) is 2.90. The molecule has 0 radical (unpaired) electrons. The monoisotopic (exact) mass is 300 g/mol.